The average Bonchev–Trinajstić information content (AvgIpc) is 3.48. The largest absolute Gasteiger partial charge is 0.439 e. The highest BCUT2D eigenvalue weighted by atomic mass is 35.5. The number of anilines is 2. The van der Waals surface area contributed by atoms with Gasteiger partial charge in [-0.2, -0.15) is 15.1 Å². The van der Waals surface area contributed by atoms with E-state index in [4.69, 9.17) is 21.0 Å². The second-order valence-corrected chi connectivity index (χ2v) is 7.82. The van der Waals surface area contributed by atoms with Crippen molar-refractivity contribution in [3.05, 3.63) is 52.9 Å². The molecule has 0 radical (unpaired) electrons. The quantitative estimate of drug-likeness (QED) is 0.385. The Balaban J connectivity index is 1.42. The summed E-state index contributed by atoms with van der Waals surface area (Å²) in [7, 11) is 3.80. The number of aromatic amines is 1. The van der Waals surface area contributed by atoms with Crippen molar-refractivity contribution in [1.29, 1.82) is 0 Å². The van der Waals surface area contributed by atoms with Crippen LogP contribution in [0.4, 0.5) is 11.8 Å². The predicted octanol–water partition coefficient (Wildman–Crippen LogP) is 3.69. The van der Waals surface area contributed by atoms with E-state index in [9.17, 15) is 0 Å². The van der Waals surface area contributed by atoms with E-state index >= 15 is 0 Å². The van der Waals surface area contributed by atoms with Gasteiger partial charge in [0.1, 0.15) is 11.0 Å². The van der Waals surface area contributed by atoms with E-state index in [1.807, 2.05) is 50.2 Å². The monoisotopic (exact) mass is 451 g/mol. The van der Waals surface area contributed by atoms with Gasteiger partial charge in [0.25, 0.3) is 0 Å². The summed E-state index contributed by atoms with van der Waals surface area (Å²) in [5.74, 6) is 1.73. The van der Waals surface area contributed by atoms with Gasteiger partial charge in [-0.3, -0.25) is 4.68 Å². The van der Waals surface area contributed by atoms with E-state index in [1.165, 1.54) is 0 Å². The Morgan fingerprint density at radius 1 is 1.22 bits per heavy atom. The predicted molar refractivity (Wildman–Crippen MR) is 123 cm³/mol. The zero-order chi connectivity index (χ0) is 22.2. The highest BCUT2D eigenvalue weighted by Gasteiger charge is 2.18. The fraction of sp³-hybridized carbons (Fsp3) is 0.286. The van der Waals surface area contributed by atoms with Gasteiger partial charge in [-0.1, -0.05) is 30.7 Å². The van der Waals surface area contributed by atoms with Crippen LogP contribution in [0.3, 0.4) is 0 Å². The number of halogens is 1. The molecule has 0 saturated heterocycles. The van der Waals surface area contributed by atoms with Crippen LogP contribution in [-0.4, -0.2) is 41.7 Å². The normalized spacial score (nSPS) is 11.5. The lowest BCUT2D eigenvalue weighted by atomic mass is 10.3. The number of aryl methyl sites for hydroxylation is 2. The Labute approximate surface area is 188 Å². The Morgan fingerprint density at radius 3 is 2.84 bits per heavy atom. The summed E-state index contributed by atoms with van der Waals surface area (Å²) in [5.41, 5.74) is 4.62. The summed E-state index contributed by atoms with van der Waals surface area (Å²) in [4.78, 5) is 23.2. The molecule has 4 heterocycles. The highest BCUT2D eigenvalue weighted by molar-refractivity contribution is 6.31. The summed E-state index contributed by atoms with van der Waals surface area (Å²) < 4.78 is 7.65. The number of oxazole rings is 1. The van der Waals surface area contributed by atoms with Crippen molar-refractivity contribution in [1.82, 2.24) is 34.7 Å². The first-order chi connectivity index (χ1) is 15.5. The summed E-state index contributed by atoms with van der Waals surface area (Å²) in [6.07, 6.45) is 2.37. The van der Waals surface area contributed by atoms with Gasteiger partial charge in [0, 0.05) is 14.1 Å². The Morgan fingerprint density at radius 2 is 2.06 bits per heavy atom. The van der Waals surface area contributed by atoms with Crippen molar-refractivity contribution in [2.45, 2.75) is 26.4 Å². The van der Waals surface area contributed by atoms with Crippen LogP contribution in [0.1, 0.15) is 24.2 Å². The van der Waals surface area contributed by atoms with Gasteiger partial charge >= 0.3 is 0 Å². The van der Waals surface area contributed by atoms with E-state index in [-0.39, 0.29) is 0 Å². The Kier molecular flexibility index (Phi) is 5.14. The molecule has 10 nitrogen and oxygen atoms in total. The van der Waals surface area contributed by atoms with Gasteiger partial charge < -0.3 is 19.6 Å². The molecule has 164 valence electrons. The van der Waals surface area contributed by atoms with Crippen molar-refractivity contribution >= 4 is 45.6 Å². The SMILES string of the molecule is CCc1nn(C)c(CNc2nc(N(C)Cc3nc4ccccc4o3)c3[nH]cnc3n2)c1Cl. The maximum absolute atomic E-state index is 6.47. The van der Waals surface area contributed by atoms with E-state index in [0.717, 1.165) is 34.4 Å². The summed E-state index contributed by atoms with van der Waals surface area (Å²) in [6.45, 7) is 2.90. The van der Waals surface area contributed by atoms with E-state index in [2.05, 4.69) is 30.4 Å². The van der Waals surface area contributed by atoms with Gasteiger partial charge in [-0.05, 0) is 18.6 Å². The third-order valence-electron chi connectivity index (χ3n) is 5.26. The molecule has 11 heteroatoms. The third-order valence-corrected chi connectivity index (χ3v) is 5.69. The molecule has 0 aliphatic heterocycles. The number of hydrogen-bond acceptors (Lipinski definition) is 8. The fourth-order valence-corrected chi connectivity index (χ4v) is 3.97. The van der Waals surface area contributed by atoms with Crippen molar-refractivity contribution in [2.24, 2.45) is 7.05 Å². The van der Waals surface area contributed by atoms with Crippen LogP contribution in [0.2, 0.25) is 5.02 Å². The molecule has 5 rings (SSSR count). The average molecular weight is 452 g/mol. The zero-order valence-electron chi connectivity index (χ0n) is 17.9. The molecule has 0 aliphatic rings. The molecule has 0 fully saturated rings. The number of fused-ring (bicyclic) bond motifs is 2. The summed E-state index contributed by atoms with van der Waals surface area (Å²) in [5, 5.41) is 8.37. The van der Waals surface area contributed by atoms with Gasteiger partial charge in [0.05, 0.1) is 35.8 Å². The van der Waals surface area contributed by atoms with Crippen LogP contribution >= 0.6 is 11.6 Å². The number of imidazole rings is 1. The number of hydrogen-bond donors (Lipinski definition) is 2. The van der Waals surface area contributed by atoms with E-state index in [0.29, 0.717) is 41.4 Å². The molecular formula is C21H22ClN9O. The molecule has 0 unspecified atom stereocenters. The molecule has 0 saturated carbocycles. The molecule has 0 atom stereocenters. The fourth-order valence-electron chi connectivity index (χ4n) is 3.61. The second kappa shape index (κ2) is 8.12. The van der Waals surface area contributed by atoms with Gasteiger partial charge in [-0.15, -0.1) is 0 Å². The highest BCUT2D eigenvalue weighted by Crippen LogP contribution is 2.25. The van der Waals surface area contributed by atoms with Crippen molar-refractivity contribution in [2.75, 3.05) is 17.3 Å². The Hall–Kier alpha value is -3.66. The van der Waals surface area contributed by atoms with Crippen LogP contribution in [0, 0.1) is 0 Å². The number of aromatic nitrogens is 7. The Bertz CT molecular complexity index is 1370. The molecule has 0 aliphatic carbocycles. The smallest absolute Gasteiger partial charge is 0.227 e. The van der Waals surface area contributed by atoms with Crippen LogP contribution < -0.4 is 10.2 Å². The minimum absolute atomic E-state index is 0.437. The molecule has 4 aromatic heterocycles. The van der Waals surface area contributed by atoms with Crippen molar-refractivity contribution in [3.8, 4) is 0 Å². The molecule has 2 N–H and O–H groups in total. The minimum Gasteiger partial charge on any atom is -0.439 e. The number of rotatable bonds is 7. The first-order valence-electron chi connectivity index (χ1n) is 10.2. The maximum atomic E-state index is 6.47. The van der Waals surface area contributed by atoms with Crippen molar-refractivity contribution < 1.29 is 4.42 Å². The lowest BCUT2D eigenvalue weighted by molar-refractivity contribution is 0.526. The van der Waals surface area contributed by atoms with Crippen LogP contribution in [0.25, 0.3) is 22.3 Å². The first-order valence-corrected chi connectivity index (χ1v) is 10.6. The van der Waals surface area contributed by atoms with Gasteiger partial charge in [0.15, 0.2) is 17.0 Å². The van der Waals surface area contributed by atoms with Crippen molar-refractivity contribution in [3.63, 3.8) is 0 Å². The number of H-pyrrole nitrogens is 1. The third kappa shape index (κ3) is 3.62. The zero-order valence-corrected chi connectivity index (χ0v) is 18.7. The number of nitrogens with zero attached hydrogens (tertiary/aromatic N) is 7. The molecule has 5 aromatic rings. The minimum atomic E-state index is 0.437. The van der Waals surface area contributed by atoms with Gasteiger partial charge in [-0.25, -0.2) is 9.97 Å². The lowest BCUT2D eigenvalue weighted by Crippen LogP contribution is -2.19. The molecule has 32 heavy (non-hydrogen) atoms. The molecule has 1 aromatic carbocycles. The summed E-state index contributed by atoms with van der Waals surface area (Å²) >= 11 is 6.47. The van der Waals surface area contributed by atoms with Crippen LogP contribution in [0.15, 0.2) is 35.0 Å². The number of para-hydroxylation sites is 2. The maximum Gasteiger partial charge on any atom is 0.227 e. The molecular weight excluding hydrogens is 430 g/mol. The standard InChI is InChI=1S/C21H22ClN9O/c1-4-12-17(22)14(31(3)29-12)9-23-21-27-19-18(24-11-25-19)20(28-21)30(2)10-16-26-13-7-5-6-8-15(13)32-16/h5-8,11H,4,9-10H2,1-3H3,(H2,23,24,25,27,28). The number of benzene rings is 1. The number of nitrogens with one attached hydrogen (secondary N) is 2. The second-order valence-electron chi connectivity index (χ2n) is 7.44. The lowest BCUT2D eigenvalue weighted by Gasteiger charge is -2.17. The van der Waals surface area contributed by atoms with E-state index in [1.54, 1.807) is 11.0 Å². The van der Waals surface area contributed by atoms with Crippen LogP contribution in [0.5, 0.6) is 0 Å². The topological polar surface area (TPSA) is 114 Å². The first kappa shape index (κ1) is 20.3. The van der Waals surface area contributed by atoms with Crippen LogP contribution in [-0.2, 0) is 26.6 Å². The molecule has 0 amide bonds. The molecule has 0 bridgehead atoms. The molecule has 0 spiro atoms. The summed E-state index contributed by atoms with van der Waals surface area (Å²) in [6, 6.07) is 7.69. The van der Waals surface area contributed by atoms with E-state index < -0.39 is 0 Å². The van der Waals surface area contributed by atoms with Gasteiger partial charge in [0.2, 0.25) is 11.8 Å².